The molecular weight excluding hydrogens is 485 g/mol. The Morgan fingerprint density at radius 1 is 0.400 bits per heavy atom. The van der Waals surface area contributed by atoms with Crippen molar-refractivity contribution in [2.45, 2.75) is 125 Å². The van der Waals surface area contributed by atoms with Crippen molar-refractivity contribution in [2.24, 2.45) is 0 Å². The molecule has 196 valence electrons. The van der Waals surface area contributed by atoms with E-state index in [-0.39, 0.29) is 0 Å². The van der Waals surface area contributed by atoms with E-state index in [1.807, 2.05) is 0 Å². The second-order valence-electron chi connectivity index (χ2n) is 15.2. The van der Waals surface area contributed by atoms with Crippen LogP contribution in [0, 0.1) is 13.8 Å². The highest BCUT2D eigenvalue weighted by atomic mass is 28.3. The quantitative estimate of drug-likeness (QED) is 0.217. The molecule has 0 fully saturated rings. The molecule has 0 spiro atoms. The van der Waals surface area contributed by atoms with Gasteiger partial charge in [-0.3, -0.25) is 0 Å². The first kappa shape index (κ1) is 30.5. The highest BCUT2D eigenvalue weighted by Gasteiger charge is 2.27. The van der Waals surface area contributed by atoms with Crippen LogP contribution in [0.2, 0.25) is 78.6 Å². The van der Waals surface area contributed by atoms with Gasteiger partial charge in [0.25, 0.3) is 0 Å². The summed E-state index contributed by atoms with van der Waals surface area (Å²) >= 11 is 0. The SMILES string of the molecule is Cc1cc([Si](C)(C)C)c(CCCCCc2cc([Si](C)(C)C)c(C)cc2[Si](C)(C)C)cc1[Si](C)(C)C. The van der Waals surface area contributed by atoms with E-state index < -0.39 is 32.3 Å². The van der Waals surface area contributed by atoms with Gasteiger partial charge in [-0.15, -0.1) is 0 Å². The topological polar surface area (TPSA) is 0 Å². The number of unbranched alkanes of at least 4 members (excludes halogenated alkanes) is 2. The second-order valence-corrected chi connectivity index (χ2v) is 35.4. The van der Waals surface area contributed by atoms with E-state index >= 15 is 0 Å². The minimum atomic E-state index is -1.35. The zero-order chi connectivity index (χ0) is 27.0. The number of rotatable bonds is 10. The summed E-state index contributed by atoms with van der Waals surface area (Å²) in [5.41, 5.74) is 6.43. The second kappa shape index (κ2) is 11.0. The fourth-order valence-electron chi connectivity index (χ4n) is 5.74. The summed E-state index contributed by atoms with van der Waals surface area (Å²) < 4.78 is 0. The lowest BCUT2D eigenvalue weighted by molar-refractivity contribution is 0.680. The molecule has 0 aliphatic heterocycles. The van der Waals surface area contributed by atoms with Crippen molar-refractivity contribution in [3.05, 3.63) is 46.5 Å². The molecule has 4 heteroatoms. The summed E-state index contributed by atoms with van der Waals surface area (Å²) in [5.74, 6) is 0. The first-order valence-electron chi connectivity index (χ1n) is 14.0. The van der Waals surface area contributed by atoms with Crippen LogP contribution in [-0.4, -0.2) is 32.3 Å². The maximum Gasteiger partial charge on any atom is 0.0779 e. The van der Waals surface area contributed by atoms with Crippen molar-refractivity contribution in [3.63, 3.8) is 0 Å². The lowest BCUT2D eigenvalue weighted by Crippen LogP contribution is -2.46. The zero-order valence-electron chi connectivity index (χ0n) is 25.8. The molecule has 0 aliphatic rings. The summed E-state index contributed by atoms with van der Waals surface area (Å²) in [4.78, 5) is 0. The third-order valence-electron chi connectivity index (χ3n) is 7.52. The summed E-state index contributed by atoms with van der Waals surface area (Å²) in [6, 6.07) is 10.4. The van der Waals surface area contributed by atoms with Crippen LogP contribution in [0.25, 0.3) is 0 Å². The van der Waals surface area contributed by atoms with Gasteiger partial charge < -0.3 is 0 Å². The molecule has 0 radical (unpaired) electrons. The standard InChI is InChI=1S/C31H56Si4/c1-24-20-30(34(9,10)11)26(22-28(24)32(3,4)5)18-16-15-17-19-27-23-29(33(6,7)8)25(2)21-31(27)35(12,13)14/h20-23H,15-19H2,1-14H3. The summed E-state index contributed by atoms with van der Waals surface area (Å²) in [7, 11) is -5.33. The molecule has 0 nitrogen and oxygen atoms in total. The van der Waals surface area contributed by atoms with Crippen LogP contribution < -0.4 is 20.7 Å². The Kier molecular flexibility index (Phi) is 9.57. The molecule has 0 heterocycles. The molecular formula is C31H56Si4. The smallest absolute Gasteiger partial charge is 0.0656 e. The molecule has 0 aliphatic carbocycles. The van der Waals surface area contributed by atoms with Gasteiger partial charge in [0.1, 0.15) is 0 Å². The van der Waals surface area contributed by atoms with Gasteiger partial charge in [0.05, 0.1) is 32.3 Å². The fraction of sp³-hybridized carbons (Fsp3) is 0.613. The normalized spacial score (nSPS) is 13.4. The Labute approximate surface area is 223 Å². The van der Waals surface area contributed by atoms with Crippen molar-refractivity contribution in [1.82, 2.24) is 0 Å². The highest BCUT2D eigenvalue weighted by Crippen LogP contribution is 2.18. The number of benzene rings is 2. The predicted octanol–water partition coefficient (Wildman–Crippen LogP) is 7.44. The average molecular weight is 541 g/mol. The third kappa shape index (κ3) is 8.15. The molecule has 0 saturated carbocycles. The Morgan fingerprint density at radius 2 is 0.686 bits per heavy atom. The van der Waals surface area contributed by atoms with Gasteiger partial charge in [0.2, 0.25) is 0 Å². The predicted molar refractivity (Wildman–Crippen MR) is 176 cm³/mol. The van der Waals surface area contributed by atoms with E-state index in [1.54, 1.807) is 43.0 Å². The van der Waals surface area contributed by atoms with E-state index in [2.05, 4.69) is 117 Å². The van der Waals surface area contributed by atoms with Gasteiger partial charge in [-0.05, 0) is 50.7 Å². The van der Waals surface area contributed by atoms with E-state index in [4.69, 9.17) is 0 Å². The monoisotopic (exact) mass is 540 g/mol. The van der Waals surface area contributed by atoms with Crippen molar-refractivity contribution in [2.75, 3.05) is 0 Å². The Hall–Kier alpha value is -0.692. The van der Waals surface area contributed by atoms with Gasteiger partial charge >= 0.3 is 0 Å². The van der Waals surface area contributed by atoms with Gasteiger partial charge in [-0.25, -0.2) is 0 Å². The molecule has 0 amide bonds. The lowest BCUT2D eigenvalue weighted by atomic mass is 10.0. The molecule has 0 N–H and O–H groups in total. The fourth-order valence-corrected chi connectivity index (χ4v) is 13.1. The molecule has 2 rings (SSSR count). The van der Waals surface area contributed by atoms with Gasteiger partial charge in [0.15, 0.2) is 0 Å². The van der Waals surface area contributed by atoms with Gasteiger partial charge in [-0.2, -0.15) is 0 Å². The molecule has 0 aromatic heterocycles. The maximum absolute atomic E-state index is 2.64. The average Bonchev–Trinajstić information content (AvgIpc) is 2.65. The zero-order valence-corrected chi connectivity index (χ0v) is 29.8. The van der Waals surface area contributed by atoms with Crippen molar-refractivity contribution < 1.29 is 0 Å². The van der Waals surface area contributed by atoms with E-state index in [0.717, 1.165) is 0 Å². The Balaban J connectivity index is 2.20. The maximum atomic E-state index is 2.64. The van der Waals surface area contributed by atoms with Crippen molar-refractivity contribution in [1.29, 1.82) is 0 Å². The third-order valence-corrected chi connectivity index (χ3v) is 16.0. The number of hydrogen-bond acceptors (Lipinski definition) is 0. The largest absolute Gasteiger partial charge is 0.0779 e. The molecule has 0 saturated heterocycles. The minimum Gasteiger partial charge on any atom is -0.0656 e. The minimum absolute atomic E-state index is 1.26. The summed E-state index contributed by atoms with van der Waals surface area (Å²) in [6.07, 6.45) is 6.49. The van der Waals surface area contributed by atoms with E-state index in [0.29, 0.717) is 0 Å². The lowest BCUT2D eigenvalue weighted by Gasteiger charge is -2.28. The van der Waals surface area contributed by atoms with Crippen LogP contribution in [0.15, 0.2) is 24.3 Å². The van der Waals surface area contributed by atoms with E-state index in [1.165, 1.54) is 32.1 Å². The molecule has 2 aromatic carbocycles. The van der Waals surface area contributed by atoms with Crippen molar-refractivity contribution in [3.8, 4) is 0 Å². The van der Waals surface area contributed by atoms with Crippen molar-refractivity contribution >= 4 is 53.0 Å². The van der Waals surface area contributed by atoms with Crippen LogP contribution in [0.4, 0.5) is 0 Å². The van der Waals surface area contributed by atoms with Crippen LogP contribution in [0.5, 0.6) is 0 Å². The Bertz CT molecular complexity index is 939. The number of hydrogen-bond donors (Lipinski definition) is 0. The van der Waals surface area contributed by atoms with E-state index in [9.17, 15) is 0 Å². The number of aryl methyl sites for hydroxylation is 4. The first-order chi connectivity index (χ1) is 15.7. The molecule has 0 bridgehead atoms. The molecule has 35 heavy (non-hydrogen) atoms. The van der Waals surface area contributed by atoms with Gasteiger partial charge in [0, 0.05) is 0 Å². The van der Waals surface area contributed by atoms with Gasteiger partial charge in [-0.1, -0.05) is 141 Å². The molecule has 2 aromatic rings. The van der Waals surface area contributed by atoms with Crippen LogP contribution >= 0.6 is 0 Å². The molecule has 0 atom stereocenters. The highest BCUT2D eigenvalue weighted by molar-refractivity contribution is 6.91. The molecule has 0 unspecified atom stereocenters. The first-order valence-corrected chi connectivity index (χ1v) is 28.0. The van der Waals surface area contributed by atoms with Crippen LogP contribution in [-0.2, 0) is 12.8 Å². The van der Waals surface area contributed by atoms with Crippen LogP contribution in [0.3, 0.4) is 0 Å². The summed E-state index contributed by atoms with van der Waals surface area (Å²) in [5, 5.41) is 6.76. The Morgan fingerprint density at radius 3 is 0.943 bits per heavy atom. The van der Waals surface area contributed by atoms with Crippen LogP contribution in [0.1, 0.15) is 41.5 Å². The summed E-state index contributed by atoms with van der Waals surface area (Å²) in [6.45, 7) is 34.8.